The molecular weight excluding hydrogens is 310 g/mol. The van der Waals surface area contributed by atoms with E-state index in [1.165, 1.54) is 0 Å². The third kappa shape index (κ3) is 3.60. The molecule has 1 aromatic rings. The van der Waals surface area contributed by atoms with Gasteiger partial charge in [0.05, 0.1) is 16.7 Å². The summed E-state index contributed by atoms with van der Waals surface area (Å²) in [6, 6.07) is 0. The Hall–Kier alpha value is -1.02. The molecule has 0 spiro atoms. The van der Waals surface area contributed by atoms with Crippen LogP contribution >= 0.6 is 11.5 Å². The molecule has 6 nitrogen and oxygen atoms in total. The summed E-state index contributed by atoms with van der Waals surface area (Å²) in [7, 11) is -3.10. The lowest BCUT2D eigenvalue weighted by Gasteiger charge is -2.38. The summed E-state index contributed by atoms with van der Waals surface area (Å²) in [5, 5.41) is 3.56. The fourth-order valence-electron chi connectivity index (χ4n) is 2.35. The predicted octanol–water partition coefficient (Wildman–Crippen LogP) is 1.39. The molecule has 0 atom stereocenters. The van der Waals surface area contributed by atoms with E-state index in [1.54, 1.807) is 4.90 Å². The van der Waals surface area contributed by atoms with Crippen LogP contribution < -0.4 is 0 Å². The lowest BCUT2D eigenvalue weighted by atomic mass is 10.1. The number of rotatable bonds is 6. The highest BCUT2D eigenvalue weighted by Gasteiger charge is 2.40. The van der Waals surface area contributed by atoms with Crippen molar-refractivity contribution in [3.8, 4) is 0 Å². The van der Waals surface area contributed by atoms with Gasteiger partial charge in [0.15, 0.2) is 9.84 Å². The van der Waals surface area contributed by atoms with E-state index in [1.807, 2.05) is 20.8 Å². The molecule has 1 aliphatic rings. The molecule has 1 amide bonds. The molecule has 0 bridgehead atoms. The second-order valence-corrected chi connectivity index (χ2v) is 8.93. The standard InChI is InChI=1S/C13H21N3O3S2/c1-4-5-11-12(20-15-14-11)13(17)16-6-10(7-16)21(18,19)8-9(2)3/h9-10H,4-8H2,1-3H3. The minimum Gasteiger partial charge on any atom is -0.335 e. The molecule has 0 aromatic carbocycles. The molecule has 1 fully saturated rings. The Morgan fingerprint density at radius 3 is 2.67 bits per heavy atom. The van der Waals surface area contributed by atoms with Crippen molar-refractivity contribution in [2.24, 2.45) is 5.92 Å². The van der Waals surface area contributed by atoms with Crippen molar-refractivity contribution >= 4 is 27.3 Å². The van der Waals surface area contributed by atoms with E-state index in [0.717, 1.165) is 30.1 Å². The molecule has 0 aliphatic carbocycles. The summed E-state index contributed by atoms with van der Waals surface area (Å²) in [6.07, 6.45) is 1.62. The van der Waals surface area contributed by atoms with Crippen LogP contribution in [0.15, 0.2) is 0 Å². The maximum absolute atomic E-state index is 12.3. The first-order valence-electron chi connectivity index (χ1n) is 7.17. The van der Waals surface area contributed by atoms with Crippen molar-refractivity contribution in [1.82, 2.24) is 14.5 Å². The van der Waals surface area contributed by atoms with Crippen LogP contribution in [0, 0.1) is 5.92 Å². The molecule has 0 unspecified atom stereocenters. The van der Waals surface area contributed by atoms with Crippen LogP contribution in [0.2, 0.25) is 0 Å². The number of nitrogens with zero attached hydrogens (tertiary/aromatic N) is 3. The Bertz CT molecular complexity index is 604. The van der Waals surface area contributed by atoms with Gasteiger partial charge < -0.3 is 4.90 Å². The highest BCUT2D eigenvalue weighted by atomic mass is 32.2. The molecule has 21 heavy (non-hydrogen) atoms. The maximum Gasteiger partial charge on any atom is 0.267 e. The van der Waals surface area contributed by atoms with Gasteiger partial charge in [0.25, 0.3) is 5.91 Å². The lowest BCUT2D eigenvalue weighted by molar-refractivity contribution is 0.0662. The van der Waals surface area contributed by atoms with Crippen molar-refractivity contribution in [2.75, 3.05) is 18.8 Å². The Morgan fingerprint density at radius 1 is 1.43 bits per heavy atom. The van der Waals surface area contributed by atoms with E-state index in [2.05, 4.69) is 9.59 Å². The Kier molecular flexibility index (Phi) is 4.98. The Labute approximate surface area is 129 Å². The Balaban J connectivity index is 1.98. The summed E-state index contributed by atoms with van der Waals surface area (Å²) < 4.78 is 28.0. The van der Waals surface area contributed by atoms with Crippen molar-refractivity contribution in [1.29, 1.82) is 0 Å². The monoisotopic (exact) mass is 331 g/mol. The van der Waals surface area contributed by atoms with E-state index >= 15 is 0 Å². The molecule has 8 heteroatoms. The summed E-state index contributed by atoms with van der Waals surface area (Å²) >= 11 is 1.09. The van der Waals surface area contributed by atoms with Gasteiger partial charge in [-0.1, -0.05) is 31.7 Å². The van der Waals surface area contributed by atoms with Gasteiger partial charge in [0.2, 0.25) is 0 Å². The fourth-order valence-corrected chi connectivity index (χ4v) is 5.04. The van der Waals surface area contributed by atoms with E-state index in [-0.39, 0.29) is 30.7 Å². The van der Waals surface area contributed by atoms with Crippen LogP contribution in [0.1, 0.15) is 42.6 Å². The molecule has 2 rings (SSSR count). The SMILES string of the molecule is CCCc1nnsc1C(=O)N1CC(S(=O)(=O)CC(C)C)C1. The quantitative estimate of drug-likeness (QED) is 0.787. The molecule has 2 heterocycles. The van der Waals surface area contributed by atoms with E-state index < -0.39 is 15.1 Å². The second kappa shape index (κ2) is 6.39. The molecule has 1 aliphatic heterocycles. The highest BCUT2D eigenvalue weighted by Crippen LogP contribution is 2.23. The Morgan fingerprint density at radius 2 is 2.10 bits per heavy atom. The number of hydrogen-bond acceptors (Lipinski definition) is 6. The zero-order chi connectivity index (χ0) is 15.6. The maximum atomic E-state index is 12.3. The minimum atomic E-state index is -3.10. The minimum absolute atomic E-state index is 0.113. The molecular formula is C13H21N3O3S2. The van der Waals surface area contributed by atoms with Gasteiger partial charge in [-0.15, -0.1) is 5.10 Å². The number of amides is 1. The number of carbonyl (C=O) groups excluding carboxylic acids is 1. The average Bonchev–Trinajstić information content (AvgIpc) is 2.73. The zero-order valence-corrected chi connectivity index (χ0v) is 14.2. The van der Waals surface area contributed by atoms with Crippen LogP contribution in [-0.2, 0) is 16.3 Å². The number of carbonyl (C=O) groups is 1. The molecule has 118 valence electrons. The molecule has 1 saturated heterocycles. The van der Waals surface area contributed by atoms with Crippen molar-refractivity contribution in [2.45, 2.75) is 38.9 Å². The van der Waals surface area contributed by atoms with Crippen molar-refractivity contribution in [3.05, 3.63) is 10.6 Å². The normalized spacial score (nSPS) is 16.3. The average molecular weight is 331 g/mol. The van der Waals surface area contributed by atoms with Gasteiger partial charge in [-0.05, 0) is 23.9 Å². The summed E-state index contributed by atoms with van der Waals surface area (Å²) in [5.41, 5.74) is 0.723. The van der Waals surface area contributed by atoms with Crippen LogP contribution in [0.5, 0.6) is 0 Å². The van der Waals surface area contributed by atoms with Gasteiger partial charge in [-0.2, -0.15) is 0 Å². The first-order valence-corrected chi connectivity index (χ1v) is 9.66. The molecule has 0 radical (unpaired) electrons. The van der Waals surface area contributed by atoms with Gasteiger partial charge in [0.1, 0.15) is 4.88 Å². The largest absolute Gasteiger partial charge is 0.335 e. The number of hydrogen-bond donors (Lipinski definition) is 0. The van der Waals surface area contributed by atoms with Gasteiger partial charge >= 0.3 is 0 Å². The first-order chi connectivity index (χ1) is 9.85. The van der Waals surface area contributed by atoms with Crippen LogP contribution in [0.25, 0.3) is 0 Å². The molecule has 0 N–H and O–H groups in total. The summed E-state index contributed by atoms with van der Waals surface area (Å²) in [6.45, 7) is 6.37. The van der Waals surface area contributed by atoms with Gasteiger partial charge in [-0.25, -0.2) is 8.42 Å². The highest BCUT2D eigenvalue weighted by molar-refractivity contribution is 7.92. The third-order valence-electron chi connectivity index (χ3n) is 3.45. The van der Waals surface area contributed by atoms with E-state index in [9.17, 15) is 13.2 Å². The van der Waals surface area contributed by atoms with Gasteiger partial charge in [0, 0.05) is 13.1 Å². The topological polar surface area (TPSA) is 80.2 Å². The lowest BCUT2D eigenvalue weighted by Crippen LogP contribution is -2.57. The number of aromatic nitrogens is 2. The van der Waals surface area contributed by atoms with Crippen molar-refractivity contribution < 1.29 is 13.2 Å². The number of sulfone groups is 1. The predicted molar refractivity (Wildman–Crippen MR) is 82.2 cm³/mol. The van der Waals surface area contributed by atoms with Crippen LogP contribution in [0.3, 0.4) is 0 Å². The second-order valence-electron chi connectivity index (χ2n) is 5.85. The van der Waals surface area contributed by atoms with E-state index in [4.69, 9.17) is 0 Å². The van der Waals surface area contributed by atoms with E-state index in [0.29, 0.717) is 4.88 Å². The van der Waals surface area contributed by atoms with Crippen LogP contribution in [0.4, 0.5) is 0 Å². The van der Waals surface area contributed by atoms with Gasteiger partial charge in [-0.3, -0.25) is 4.79 Å². The number of aryl methyl sites for hydroxylation is 1. The summed E-state index contributed by atoms with van der Waals surface area (Å²) in [4.78, 5) is 14.5. The smallest absolute Gasteiger partial charge is 0.267 e. The zero-order valence-electron chi connectivity index (χ0n) is 12.6. The van der Waals surface area contributed by atoms with Crippen molar-refractivity contribution in [3.63, 3.8) is 0 Å². The summed E-state index contributed by atoms with van der Waals surface area (Å²) in [5.74, 6) is 0.161. The first kappa shape index (κ1) is 16.4. The molecule has 0 saturated carbocycles. The fraction of sp³-hybridized carbons (Fsp3) is 0.769. The molecule has 1 aromatic heterocycles. The third-order valence-corrected chi connectivity index (χ3v) is 6.65. The van der Waals surface area contributed by atoms with Crippen LogP contribution in [-0.4, -0.2) is 52.9 Å². The number of likely N-dealkylation sites (tertiary alicyclic amines) is 1.